The standard InChI is InChI=1S/C11H18N6O/c1-16-4-6-17(7-5-16)15-11(18)9-2-3-10(14-12)13-8-9/h2-3,8H,4-7,12H2,1H3,(H,13,14)(H,15,18). The van der Waals surface area contributed by atoms with Gasteiger partial charge in [-0.1, -0.05) is 0 Å². The Morgan fingerprint density at radius 1 is 1.33 bits per heavy atom. The fourth-order valence-corrected chi connectivity index (χ4v) is 1.74. The molecule has 0 saturated carbocycles. The number of rotatable bonds is 3. The van der Waals surface area contributed by atoms with E-state index in [2.05, 4.69) is 27.8 Å². The molecule has 0 radical (unpaired) electrons. The Morgan fingerprint density at radius 2 is 2.06 bits per heavy atom. The highest BCUT2D eigenvalue weighted by atomic mass is 16.2. The number of nitrogen functional groups attached to an aromatic ring is 1. The minimum Gasteiger partial charge on any atom is -0.308 e. The number of hydrogen-bond donors (Lipinski definition) is 3. The van der Waals surface area contributed by atoms with Gasteiger partial charge < -0.3 is 10.3 Å². The molecule has 1 aromatic heterocycles. The van der Waals surface area contributed by atoms with Crippen LogP contribution < -0.4 is 16.7 Å². The van der Waals surface area contributed by atoms with Crippen molar-refractivity contribution in [3.8, 4) is 0 Å². The Morgan fingerprint density at radius 3 is 2.61 bits per heavy atom. The highest BCUT2D eigenvalue weighted by Crippen LogP contribution is 2.04. The number of nitrogens with one attached hydrogen (secondary N) is 2. The smallest absolute Gasteiger partial charge is 0.267 e. The van der Waals surface area contributed by atoms with Crippen molar-refractivity contribution in [2.75, 3.05) is 38.7 Å². The second kappa shape index (κ2) is 5.76. The molecule has 0 spiro atoms. The topological polar surface area (TPSA) is 86.5 Å². The SMILES string of the molecule is CN1CCN(NC(=O)c2ccc(NN)nc2)CC1. The van der Waals surface area contributed by atoms with E-state index in [4.69, 9.17) is 5.84 Å². The number of nitrogens with zero attached hydrogens (tertiary/aromatic N) is 3. The lowest BCUT2D eigenvalue weighted by molar-refractivity contribution is 0.0662. The van der Waals surface area contributed by atoms with Crippen LogP contribution in [0.4, 0.5) is 5.82 Å². The van der Waals surface area contributed by atoms with Gasteiger partial charge in [0, 0.05) is 32.4 Å². The van der Waals surface area contributed by atoms with Gasteiger partial charge in [-0.2, -0.15) is 0 Å². The monoisotopic (exact) mass is 250 g/mol. The third-order valence-corrected chi connectivity index (χ3v) is 2.94. The lowest BCUT2D eigenvalue weighted by Gasteiger charge is -2.32. The van der Waals surface area contributed by atoms with Crippen LogP contribution in [0.1, 0.15) is 10.4 Å². The lowest BCUT2D eigenvalue weighted by Crippen LogP contribution is -2.52. The molecule has 1 fully saturated rings. The highest BCUT2D eigenvalue weighted by Gasteiger charge is 2.16. The van der Waals surface area contributed by atoms with Gasteiger partial charge in [-0.25, -0.2) is 15.8 Å². The molecule has 0 aromatic carbocycles. The molecule has 98 valence electrons. The average molecular weight is 250 g/mol. The molecule has 2 heterocycles. The Kier molecular flexibility index (Phi) is 4.08. The van der Waals surface area contributed by atoms with Crippen molar-refractivity contribution in [2.45, 2.75) is 0 Å². The molecule has 4 N–H and O–H groups in total. The molecule has 1 aliphatic heterocycles. The van der Waals surface area contributed by atoms with E-state index in [1.54, 1.807) is 12.1 Å². The number of anilines is 1. The van der Waals surface area contributed by atoms with Crippen molar-refractivity contribution in [3.63, 3.8) is 0 Å². The van der Waals surface area contributed by atoms with Crippen LogP contribution in [0.5, 0.6) is 0 Å². The first kappa shape index (κ1) is 12.7. The third kappa shape index (κ3) is 3.16. The van der Waals surface area contributed by atoms with Gasteiger partial charge >= 0.3 is 0 Å². The molecule has 2 rings (SSSR count). The summed E-state index contributed by atoms with van der Waals surface area (Å²) in [5, 5.41) is 1.93. The molecule has 0 atom stereocenters. The van der Waals surface area contributed by atoms with E-state index in [0.29, 0.717) is 11.4 Å². The van der Waals surface area contributed by atoms with E-state index < -0.39 is 0 Å². The van der Waals surface area contributed by atoms with E-state index in [1.807, 2.05) is 5.01 Å². The lowest BCUT2D eigenvalue weighted by atomic mass is 10.2. The summed E-state index contributed by atoms with van der Waals surface area (Å²) in [6.45, 7) is 3.57. The second-order valence-electron chi connectivity index (χ2n) is 4.31. The molecule has 7 nitrogen and oxygen atoms in total. The molecule has 18 heavy (non-hydrogen) atoms. The van der Waals surface area contributed by atoms with Gasteiger partial charge in [-0.3, -0.25) is 10.2 Å². The Labute approximate surface area is 106 Å². The molecule has 1 aliphatic rings. The van der Waals surface area contributed by atoms with Crippen LogP contribution in [-0.2, 0) is 0 Å². The zero-order chi connectivity index (χ0) is 13.0. The van der Waals surface area contributed by atoms with E-state index in [9.17, 15) is 4.79 Å². The molecular weight excluding hydrogens is 232 g/mol. The van der Waals surface area contributed by atoms with Crippen molar-refractivity contribution in [3.05, 3.63) is 23.9 Å². The molecule has 7 heteroatoms. The number of nitrogens with two attached hydrogens (primary N) is 1. The first-order valence-electron chi connectivity index (χ1n) is 5.86. The van der Waals surface area contributed by atoms with Crippen LogP contribution in [0.3, 0.4) is 0 Å². The molecule has 0 aliphatic carbocycles. The first-order valence-corrected chi connectivity index (χ1v) is 5.86. The predicted molar refractivity (Wildman–Crippen MR) is 68.6 cm³/mol. The highest BCUT2D eigenvalue weighted by molar-refractivity contribution is 5.93. The van der Waals surface area contributed by atoms with Crippen molar-refractivity contribution in [1.82, 2.24) is 20.3 Å². The Bertz CT molecular complexity index is 398. The number of hydrazine groups is 2. The third-order valence-electron chi connectivity index (χ3n) is 2.94. The van der Waals surface area contributed by atoms with Gasteiger partial charge in [-0.05, 0) is 19.2 Å². The Balaban J connectivity index is 1.90. The van der Waals surface area contributed by atoms with Crippen LogP contribution in [0, 0.1) is 0 Å². The minimum atomic E-state index is -0.143. The zero-order valence-corrected chi connectivity index (χ0v) is 10.4. The summed E-state index contributed by atoms with van der Waals surface area (Å²) in [4.78, 5) is 18.2. The summed E-state index contributed by atoms with van der Waals surface area (Å²) in [6, 6.07) is 3.35. The molecule has 1 amide bonds. The molecule has 0 bridgehead atoms. The van der Waals surface area contributed by atoms with Crippen LogP contribution in [0.25, 0.3) is 0 Å². The van der Waals surface area contributed by atoms with Gasteiger partial charge in [-0.15, -0.1) is 0 Å². The number of amides is 1. The summed E-state index contributed by atoms with van der Waals surface area (Å²) < 4.78 is 0. The number of likely N-dealkylation sites (N-methyl/N-ethyl adjacent to an activating group) is 1. The largest absolute Gasteiger partial charge is 0.308 e. The maximum Gasteiger partial charge on any atom is 0.267 e. The number of hydrogen-bond acceptors (Lipinski definition) is 6. The molecule has 1 saturated heterocycles. The normalized spacial score (nSPS) is 17.4. The number of pyridine rings is 1. The van der Waals surface area contributed by atoms with Crippen LogP contribution >= 0.6 is 0 Å². The first-order chi connectivity index (χ1) is 8.69. The van der Waals surface area contributed by atoms with Gasteiger partial charge in [0.05, 0.1) is 5.56 Å². The second-order valence-corrected chi connectivity index (χ2v) is 4.31. The number of piperazine rings is 1. The zero-order valence-electron chi connectivity index (χ0n) is 10.4. The van der Waals surface area contributed by atoms with Gasteiger partial charge in [0.25, 0.3) is 5.91 Å². The van der Waals surface area contributed by atoms with Crippen molar-refractivity contribution < 1.29 is 4.79 Å². The number of carbonyl (C=O) groups excluding carboxylic acids is 1. The minimum absolute atomic E-state index is 0.143. The van der Waals surface area contributed by atoms with Crippen molar-refractivity contribution in [1.29, 1.82) is 0 Å². The van der Waals surface area contributed by atoms with E-state index in [0.717, 1.165) is 26.2 Å². The van der Waals surface area contributed by atoms with Gasteiger partial charge in [0.2, 0.25) is 0 Å². The van der Waals surface area contributed by atoms with Crippen molar-refractivity contribution >= 4 is 11.7 Å². The maximum atomic E-state index is 11.9. The van der Waals surface area contributed by atoms with E-state index in [1.165, 1.54) is 6.20 Å². The summed E-state index contributed by atoms with van der Waals surface area (Å²) in [6.07, 6.45) is 1.50. The molecule has 0 unspecified atom stereocenters. The molecular formula is C11H18N6O. The summed E-state index contributed by atoms with van der Waals surface area (Å²) in [5.41, 5.74) is 5.81. The van der Waals surface area contributed by atoms with Crippen LogP contribution in [0.2, 0.25) is 0 Å². The van der Waals surface area contributed by atoms with Crippen molar-refractivity contribution in [2.24, 2.45) is 5.84 Å². The molecule has 1 aromatic rings. The van der Waals surface area contributed by atoms with Crippen LogP contribution in [-0.4, -0.2) is 54.0 Å². The van der Waals surface area contributed by atoms with E-state index in [-0.39, 0.29) is 5.91 Å². The van der Waals surface area contributed by atoms with Gasteiger partial charge in [0.15, 0.2) is 0 Å². The average Bonchev–Trinajstić information content (AvgIpc) is 2.41. The van der Waals surface area contributed by atoms with Gasteiger partial charge in [0.1, 0.15) is 5.82 Å². The fraction of sp³-hybridized carbons (Fsp3) is 0.455. The summed E-state index contributed by atoms with van der Waals surface area (Å²) in [5.74, 6) is 5.60. The predicted octanol–water partition coefficient (Wildman–Crippen LogP) is -0.741. The summed E-state index contributed by atoms with van der Waals surface area (Å²) in [7, 11) is 2.07. The number of aromatic nitrogens is 1. The summed E-state index contributed by atoms with van der Waals surface area (Å²) >= 11 is 0. The Hall–Kier alpha value is -1.70. The fourth-order valence-electron chi connectivity index (χ4n) is 1.74. The van der Waals surface area contributed by atoms with E-state index >= 15 is 0 Å². The quantitative estimate of drug-likeness (QED) is 0.484. The van der Waals surface area contributed by atoms with Crippen LogP contribution in [0.15, 0.2) is 18.3 Å². The maximum absolute atomic E-state index is 11.9. The number of carbonyl (C=O) groups is 1.